The SMILES string of the molecule is CCCOc1ccc(/C=C2/C(=O)C3CCN2CC3)cc1OCC. The molecule has 0 spiro atoms. The maximum Gasteiger partial charge on any atom is 0.182 e. The van der Waals surface area contributed by atoms with Crippen LogP contribution in [0.15, 0.2) is 23.9 Å². The molecule has 2 bridgehead atoms. The Morgan fingerprint density at radius 3 is 2.61 bits per heavy atom. The Balaban J connectivity index is 1.86. The topological polar surface area (TPSA) is 38.8 Å². The van der Waals surface area contributed by atoms with Crippen LogP contribution in [0.5, 0.6) is 11.5 Å². The van der Waals surface area contributed by atoms with Gasteiger partial charge in [0.05, 0.1) is 18.9 Å². The van der Waals surface area contributed by atoms with Gasteiger partial charge in [0, 0.05) is 19.0 Å². The highest BCUT2D eigenvalue weighted by molar-refractivity contribution is 6.01. The summed E-state index contributed by atoms with van der Waals surface area (Å²) in [7, 11) is 0. The van der Waals surface area contributed by atoms with Crippen molar-refractivity contribution in [1.29, 1.82) is 0 Å². The predicted molar refractivity (Wildman–Crippen MR) is 90.7 cm³/mol. The van der Waals surface area contributed by atoms with Gasteiger partial charge >= 0.3 is 0 Å². The average molecular weight is 315 g/mol. The summed E-state index contributed by atoms with van der Waals surface area (Å²) in [6, 6.07) is 5.91. The standard InChI is InChI=1S/C19H25NO3/c1-3-11-23-17-6-5-14(13-18(17)22-4-2)12-16-19(21)15-7-9-20(16)10-8-15/h5-6,12-13,15H,3-4,7-11H2,1-2H3/b16-12-. The maximum absolute atomic E-state index is 12.4. The second-order valence-electron chi connectivity index (χ2n) is 6.14. The number of ether oxygens (including phenoxy) is 2. The fraction of sp³-hybridized carbons (Fsp3) is 0.526. The summed E-state index contributed by atoms with van der Waals surface area (Å²) in [5, 5.41) is 0. The first-order valence-electron chi connectivity index (χ1n) is 8.63. The molecule has 23 heavy (non-hydrogen) atoms. The number of carbonyl (C=O) groups is 1. The molecule has 3 saturated heterocycles. The molecule has 3 heterocycles. The number of rotatable bonds is 6. The molecule has 3 aliphatic heterocycles. The summed E-state index contributed by atoms with van der Waals surface area (Å²) >= 11 is 0. The number of hydrogen-bond acceptors (Lipinski definition) is 4. The van der Waals surface area contributed by atoms with Gasteiger partial charge < -0.3 is 14.4 Å². The number of Topliss-reactive ketones (excluding diaryl/α,β-unsaturated/α-hetero) is 1. The molecule has 4 rings (SSSR count). The van der Waals surface area contributed by atoms with Crippen molar-refractivity contribution in [2.75, 3.05) is 26.3 Å². The number of ketones is 1. The molecule has 3 fully saturated rings. The molecule has 0 saturated carbocycles. The molecular formula is C19H25NO3. The van der Waals surface area contributed by atoms with Crippen molar-refractivity contribution >= 4 is 11.9 Å². The van der Waals surface area contributed by atoms with Crippen molar-refractivity contribution in [1.82, 2.24) is 4.90 Å². The quantitative estimate of drug-likeness (QED) is 0.753. The number of allylic oxidation sites excluding steroid dienone is 1. The van der Waals surface area contributed by atoms with Crippen molar-refractivity contribution in [3.63, 3.8) is 0 Å². The summed E-state index contributed by atoms with van der Waals surface area (Å²) in [6.07, 6.45) is 4.97. The lowest BCUT2D eigenvalue weighted by atomic mass is 9.84. The van der Waals surface area contributed by atoms with E-state index in [4.69, 9.17) is 9.47 Å². The lowest BCUT2D eigenvalue weighted by Gasteiger charge is -2.41. The lowest BCUT2D eigenvalue weighted by molar-refractivity contribution is -0.125. The molecule has 124 valence electrons. The van der Waals surface area contributed by atoms with Gasteiger partial charge in [0.1, 0.15) is 0 Å². The van der Waals surface area contributed by atoms with Gasteiger partial charge in [-0.3, -0.25) is 4.79 Å². The summed E-state index contributed by atoms with van der Waals surface area (Å²) in [5.41, 5.74) is 1.85. The number of carbonyl (C=O) groups excluding carboxylic acids is 1. The van der Waals surface area contributed by atoms with E-state index >= 15 is 0 Å². The third kappa shape index (κ3) is 3.36. The van der Waals surface area contributed by atoms with E-state index in [1.807, 2.05) is 31.2 Å². The van der Waals surface area contributed by atoms with E-state index in [0.29, 0.717) is 19.0 Å². The third-order valence-electron chi connectivity index (χ3n) is 4.49. The third-order valence-corrected chi connectivity index (χ3v) is 4.49. The van der Waals surface area contributed by atoms with Crippen LogP contribution >= 0.6 is 0 Å². The summed E-state index contributed by atoms with van der Waals surface area (Å²) in [4.78, 5) is 14.7. The van der Waals surface area contributed by atoms with Crippen LogP contribution < -0.4 is 9.47 Å². The molecule has 0 unspecified atom stereocenters. The molecule has 0 aromatic heterocycles. The Hall–Kier alpha value is -1.97. The van der Waals surface area contributed by atoms with Gasteiger partial charge in [0.2, 0.25) is 0 Å². The van der Waals surface area contributed by atoms with E-state index in [2.05, 4.69) is 11.8 Å². The Kier molecular flexibility index (Phi) is 4.89. The Labute approximate surface area is 138 Å². The van der Waals surface area contributed by atoms with Crippen molar-refractivity contribution < 1.29 is 14.3 Å². The first kappa shape index (κ1) is 15.9. The number of piperidine rings is 3. The zero-order valence-corrected chi connectivity index (χ0v) is 14.0. The molecule has 0 amide bonds. The number of benzene rings is 1. The van der Waals surface area contributed by atoms with E-state index in [1.54, 1.807) is 0 Å². The van der Waals surface area contributed by atoms with Crippen molar-refractivity contribution in [2.45, 2.75) is 33.1 Å². The monoisotopic (exact) mass is 315 g/mol. The molecule has 0 atom stereocenters. The molecule has 0 N–H and O–H groups in total. The predicted octanol–water partition coefficient (Wildman–Crippen LogP) is 3.51. The van der Waals surface area contributed by atoms with Crippen LogP contribution in [0.1, 0.15) is 38.7 Å². The Bertz CT molecular complexity index is 601. The minimum atomic E-state index is 0.227. The van der Waals surface area contributed by atoms with Gasteiger partial charge in [0.25, 0.3) is 0 Å². The van der Waals surface area contributed by atoms with Gasteiger partial charge in [-0.05, 0) is 50.0 Å². The summed E-state index contributed by atoms with van der Waals surface area (Å²) < 4.78 is 11.4. The molecule has 1 aromatic rings. The largest absolute Gasteiger partial charge is 0.490 e. The summed E-state index contributed by atoms with van der Waals surface area (Å²) in [6.45, 7) is 7.31. The second kappa shape index (κ2) is 7.07. The van der Waals surface area contributed by atoms with E-state index in [9.17, 15) is 4.79 Å². The minimum absolute atomic E-state index is 0.227. The van der Waals surface area contributed by atoms with Crippen LogP contribution in [0, 0.1) is 5.92 Å². The number of hydrogen-bond donors (Lipinski definition) is 0. The minimum Gasteiger partial charge on any atom is -0.490 e. The van der Waals surface area contributed by atoms with Crippen LogP contribution in [-0.4, -0.2) is 37.0 Å². The van der Waals surface area contributed by atoms with Crippen molar-refractivity contribution in [3.05, 3.63) is 29.5 Å². The average Bonchev–Trinajstić information content (AvgIpc) is 2.58. The van der Waals surface area contributed by atoms with Gasteiger partial charge in [-0.2, -0.15) is 0 Å². The van der Waals surface area contributed by atoms with Gasteiger partial charge in [-0.1, -0.05) is 13.0 Å². The van der Waals surface area contributed by atoms with Crippen LogP contribution in [-0.2, 0) is 4.79 Å². The first-order valence-corrected chi connectivity index (χ1v) is 8.63. The zero-order valence-electron chi connectivity index (χ0n) is 14.0. The Morgan fingerprint density at radius 1 is 1.17 bits per heavy atom. The molecule has 0 aliphatic carbocycles. The summed E-state index contributed by atoms with van der Waals surface area (Å²) in [5.74, 6) is 2.04. The maximum atomic E-state index is 12.4. The van der Waals surface area contributed by atoms with Gasteiger partial charge in [-0.25, -0.2) is 0 Å². The van der Waals surface area contributed by atoms with Gasteiger partial charge in [0.15, 0.2) is 17.3 Å². The van der Waals surface area contributed by atoms with Crippen molar-refractivity contribution in [2.24, 2.45) is 5.92 Å². The highest BCUT2D eigenvalue weighted by Crippen LogP contribution is 2.34. The smallest absolute Gasteiger partial charge is 0.182 e. The van der Waals surface area contributed by atoms with E-state index in [1.165, 1.54) is 0 Å². The highest BCUT2D eigenvalue weighted by Gasteiger charge is 2.36. The number of fused-ring (bicyclic) bond motifs is 3. The first-order chi connectivity index (χ1) is 11.2. The molecule has 3 aliphatic rings. The Morgan fingerprint density at radius 2 is 1.96 bits per heavy atom. The van der Waals surface area contributed by atoms with E-state index in [-0.39, 0.29) is 5.92 Å². The van der Waals surface area contributed by atoms with Crippen LogP contribution in [0.4, 0.5) is 0 Å². The van der Waals surface area contributed by atoms with Gasteiger partial charge in [-0.15, -0.1) is 0 Å². The molecule has 4 nitrogen and oxygen atoms in total. The van der Waals surface area contributed by atoms with Crippen LogP contribution in [0.2, 0.25) is 0 Å². The fourth-order valence-electron chi connectivity index (χ4n) is 3.28. The molecule has 1 aromatic carbocycles. The molecular weight excluding hydrogens is 290 g/mol. The molecule has 0 radical (unpaired) electrons. The lowest BCUT2D eigenvalue weighted by Crippen LogP contribution is -2.45. The highest BCUT2D eigenvalue weighted by atomic mass is 16.5. The second-order valence-corrected chi connectivity index (χ2v) is 6.14. The number of nitrogens with zero attached hydrogens (tertiary/aromatic N) is 1. The fourth-order valence-corrected chi connectivity index (χ4v) is 3.28. The van der Waals surface area contributed by atoms with Crippen molar-refractivity contribution in [3.8, 4) is 11.5 Å². The zero-order chi connectivity index (χ0) is 16.2. The van der Waals surface area contributed by atoms with E-state index in [0.717, 1.165) is 55.1 Å². The van der Waals surface area contributed by atoms with E-state index < -0.39 is 0 Å². The molecule has 4 heteroatoms. The van der Waals surface area contributed by atoms with Crippen LogP contribution in [0.25, 0.3) is 6.08 Å². The van der Waals surface area contributed by atoms with Crippen LogP contribution in [0.3, 0.4) is 0 Å². The normalized spacial score (nSPS) is 19.5.